The lowest BCUT2D eigenvalue weighted by Gasteiger charge is -1.90. The lowest BCUT2D eigenvalue weighted by atomic mass is 10.2. The third-order valence-electron chi connectivity index (χ3n) is 1.01. The quantitative estimate of drug-likeness (QED) is 0.573. The maximum Gasteiger partial charge on any atom is 0.155 e. The lowest BCUT2D eigenvalue weighted by molar-refractivity contribution is -0.114. The molecule has 0 aromatic carbocycles. The highest BCUT2D eigenvalue weighted by Gasteiger charge is 1.91. The number of carbonyl (C=O) groups is 1. The van der Waals surface area contributed by atoms with E-state index in [-0.39, 0.29) is 12.4 Å². The molecular weight excluding hydrogens is 116 g/mol. The number of ketones is 1. The molecule has 0 heterocycles. The average molecular weight is 128 g/mol. The van der Waals surface area contributed by atoms with E-state index in [1.54, 1.807) is 13.8 Å². The van der Waals surface area contributed by atoms with Gasteiger partial charge in [-0.25, -0.2) is 0 Å². The van der Waals surface area contributed by atoms with E-state index < -0.39 is 0 Å². The van der Waals surface area contributed by atoms with Crippen LogP contribution in [0, 0.1) is 0 Å². The van der Waals surface area contributed by atoms with Crippen LogP contribution in [-0.4, -0.2) is 17.5 Å². The summed E-state index contributed by atoms with van der Waals surface area (Å²) in [6, 6.07) is 0. The van der Waals surface area contributed by atoms with Crippen molar-refractivity contribution in [3.63, 3.8) is 0 Å². The van der Waals surface area contributed by atoms with Gasteiger partial charge in [-0.1, -0.05) is 6.92 Å². The Bertz CT molecular complexity index is 125. The normalized spacial score (nSPS) is 11.7. The average Bonchev–Trinajstić information content (AvgIpc) is 1.87. The Kier molecular flexibility index (Phi) is 3.97. The fraction of sp³-hybridized carbons (Fsp3) is 0.571. The van der Waals surface area contributed by atoms with Crippen molar-refractivity contribution in [3.05, 3.63) is 11.6 Å². The van der Waals surface area contributed by atoms with Crippen LogP contribution in [-0.2, 0) is 4.79 Å². The number of hydrogen-bond donors (Lipinski definition) is 1. The molecule has 2 heteroatoms. The third kappa shape index (κ3) is 3.91. The standard InChI is InChI=1S/C7H12O2/c1-3-7(9)4-6(2)5-8/h4,8H,3,5H2,1-2H3/b6-4+. The molecule has 0 atom stereocenters. The second kappa shape index (κ2) is 4.27. The highest BCUT2D eigenvalue weighted by atomic mass is 16.3. The highest BCUT2D eigenvalue weighted by molar-refractivity contribution is 5.89. The molecular formula is C7H12O2. The largest absolute Gasteiger partial charge is 0.392 e. The molecule has 0 aliphatic carbocycles. The lowest BCUT2D eigenvalue weighted by Crippen LogP contribution is -1.92. The van der Waals surface area contributed by atoms with Crippen LogP contribution in [0.1, 0.15) is 20.3 Å². The van der Waals surface area contributed by atoms with Crippen molar-refractivity contribution < 1.29 is 9.90 Å². The molecule has 0 radical (unpaired) electrons. The first kappa shape index (κ1) is 8.37. The smallest absolute Gasteiger partial charge is 0.155 e. The maximum atomic E-state index is 10.6. The molecule has 52 valence electrons. The molecule has 0 rings (SSSR count). The molecule has 1 N–H and O–H groups in total. The number of aliphatic hydroxyl groups is 1. The summed E-state index contributed by atoms with van der Waals surface area (Å²) < 4.78 is 0. The first-order valence-electron chi connectivity index (χ1n) is 3.01. The van der Waals surface area contributed by atoms with Crippen LogP contribution >= 0.6 is 0 Å². The molecule has 0 aromatic rings. The summed E-state index contributed by atoms with van der Waals surface area (Å²) in [6.45, 7) is 3.50. The van der Waals surface area contributed by atoms with Gasteiger partial charge < -0.3 is 5.11 Å². The molecule has 2 nitrogen and oxygen atoms in total. The van der Waals surface area contributed by atoms with E-state index in [4.69, 9.17) is 5.11 Å². The van der Waals surface area contributed by atoms with Crippen LogP contribution < -0.4 is 0 Å². The molecule has 0 bridgehead atoms. The van der Waals surface area contributed by atoms with E-state index in [0.29, 0.717) is 6.42 Å². The molecule has 0 aromatic heterocycles. The van der Waals surface area contributed by atoms with Gasteiger partial charge in [-0.3, -0.25) is 4.79 Å². The van der Waals surface area contributed by atoms with Crippen LogP contribution in [0.3, 0.4) is 0 Å². The molecule has 0 fully saturated rings. The first-order valence-corrected chi connectivity index (χ1v) is 3.01. The summed E-state index contributed by atoms with van der Waals surface area (Å²) in [6.07, 6.45) is 1.98. The predicted molar refractivity (Wildman–Crippen MR) is 36.1 cm³/mol. The van der Waals surface area contributed by atoms with Crippen molar-refractivity contribution in [2.45, 2.75) is 20.3 Å². The molecule has 0 aliphatic heterocycles. The van der Waals surface area contributed by atoms with Crippen LogP contribution in [0.25, 0.3) is 0 Å². The van der Waals surface area contributed by atoms with Gasteiger partial charge in [0.15, 0.2) is 5.78 Å². The summed E-state index contributed by atoms with van der Waals surface area (Å²) in [7, 11) is 0. The minimum absolute atomic E-state index is 0.0221. The molecule has 0 aliphatic rings. The van der Waals surface area contributed by atoms with E-state index in [2.05, 4.69) is 0 Å². The fourth-order valence-electron chi connectivity index (χ4n) is 0.423. The van der Waals surface area contributed by atoms with Crippen molar-refractivity contribution in [1.29, 1.82) is 0 Å². The van der Waals surface area contributed by atoms with Gasteiger partial charge in [0.25, 0.3) is 0 Å². The van der Waals surface area contributed by atoms with Crippen molar-refractivity contribution in [2.24, 2.45) is 0 Å². The van der Waals surface area contributed by atoms with E-state index in [1.165, 1.54) is 6.08 Å². The Morgan fingerprint density at radius 1 is 1.67 bits per heavy atom. The molecule has 0 amide bonds. The number of carbonyl (C=O) groups excluding carboxylic acids is 1. The molecule has 9 heavy (non-hydrogen) atoms. The third-order valence-corrected chi connectivity index (χ3v) is 1.01. The number of hydrogen-bond acceptors (Lipinski definition) is 2. The van der Waals surface area contributed by atoms with Gasteiger partial charge in [-0.15, -0.1) is 0 Å². The van der Waals surface area contributed by atoms with Gasteiger partial charge in [0.1, 0.15) is 0 Å². The summed E-state index contributed by atoms with van der Waals surface area (Å²) in [5, 5.41) is 8.46. The van der Waals surface area contributed by atoms with Crippen LogP contribution in [0.2, 0.25) is 0 Å². The molecule has 0 saturated heterocycles. The van der Waals surface area contributed by atoms with Crippen molar-refractivity contribution in [3.8, 4) is 0 Å². The highest BCUT2D eigenvalue weighted by Crippen LogP contribution is 1.91. The topological polar surface area (TPSA) is 37.3 Å². The van der Waals surface area contributed by atoms with Crippen molar-refractivity contribution in [1.82, 2.24) is 0 Å². The maximum absolute atomic E-state index is 10.6. The zero-order valence-corrected chi connectivity index (χ0v) is 5.85. The van der Waals surface area contributed by atoms with Gasteiger partial charge in [-0.05, 0) is 18.6 Å². The summed E-state index contributed by atoms with van der Waals surface area (Å²) >= 11 is 0. The Balaban J connectivity index is 3.79. The molecule has 0 spiro atoms. The van der Waals surface area contributed by atoms with Gasteiger partial charge in [-0.2, -0.15) is 0 Å². The summed E-state index contributed by atoms with van der Waals surface area (Å²) in [5.74, 6) is 0.0709. The van der Waals surface area contributed by atoms with E-state index in [1.807, 2.05) is 0 Å². The SMILES string of the molecule is CCC(=O)/C=C(\C)CO. The minimum atomic E-state index is -0.0221. The summed E-state index contributed by atoms with van der Waals surface area (Å²) in [5.41, 5.74) is 0.724. The Hall–Kier alpha value is -0.630. The van der Waals surface area contributed by atoms with Crippen LogP contribution in [0.15, 0.2) is 11.6 Å². The van der Waals surface area contributed by atoms with Gasteiger partial charge in [0, 0.05) is 6.42 Å². The molecule has 0 saturated carbocycles. The van der Waals surface area contributed by atoms with Crippen LogP contribution in [0.5, 0.6) is 0 Å². The monoisotopic (exact) mass is 128 g/mol. The van der Waals surface area contributed by atoms with E-state index in [0.717, 1.165) is 5.57 Å². The second-order valence-corrected chi connectivity index (χ2v) is 1.97. The number of rotatable bonds is 3. The number of aliphatic hydroxyl groups excluding tert-OH is 1. The zero-order valence-electron chi connectivity index (χ0n) is 5.85. The number of allylic oxidation sites excluding steroid dienone is 1. The van der Waals surface area contributed by atoms with Gasteiger partial charge in [0.05, 0.1) is 6.61 Å². The summed E-state index contributed by atoms with van der Waals surface area (Å²) in [4.78, 5) is 10.6. The second-order valence-electron chi connectivity index (χ2n) is 1.97. The predicted octanol–water partition coefficient (Wildman–Crippen LogP) is 0.904. The van der Waals surface area contributed by atoms with Gasteiger partial charge in [0.2, 0.25) is 0 Å². The Morgan fingerprint density at radius 3 is 2.56 bits per heavy atom. The van der Waals surface area contributed by atoms with E-state index in [9.17, 15) is 4.79 Å². The zero-order chi connectivity index (χ0) is 7.28. The van der Waals surface area contributed by atoms with E-state index >= 15 is 0 Å². The molecule has 0 unspecified atom stereocenters. The Morgan fingerprint density at radius 2 is 2.22 bits per heavy atom. The van der Waals surface area contributed by atoms with Gasteiger partial charge >= 0.3 is 0 Å². The van der Waals surface area contributed by atoms with Crippen LogP contribution in [0.4, 0.5) is 0 Å². The minimum Gasteiger partial charge on any atom is -0.392 e. The fourth-order valence-corrected chi connectivity index (χ4v) is 0.423. The Labute approximate surface area is 55.2 Å². The van der Waals surface area contributed by atoms with Crippen molar-refractivity contribution >= 4 is 5.78 Å². The van der Waals surface area contributed by atoms with Crippen molar-refractivity contribution in [2.75, 3.05) is 6.61 Å². The first-order chi connectivity index (χ1) is 4.20.